The molecule has 0 amide bonds. The molecule has 0 aromatic carbocycles. The molecule has 20 heavy (non-hydrogen) atoms. The van der Waals surface area contributed by atoms with E-state index in [1.54, 1.807) is 0 Å². The van der Waals surface area contributed by atoms with Gasteiger partial charge in [-0.1, -0.05) is 0 Å². The van der Waals surface area contributed by atoms with E-state index < -0.39 is 0 Å². The second kappa shape index (κ2) is 7.36. The van der Waals surface area contributed by atoms with Gasteiger partial charge in [0.05, 0.1) is 6.04 Å². The summed E-state index contributed by atoms with van der Waals surface area (Å²) in [7, 11) is 4.44. The van der Waals surface area contributed by atoms with Crippen LogP contribution in [-0.2, 0) is 0 Å². The van der Waals surface area contributed by atoms with Crippen molar-refractivity contribution in [2.45, 2.75) is 25.8 Å². The highest BCUT2D eigenvalue weighted by Gasteiger charge is 2.23. The Balaban J connectivity index is 1.96. The number of rotatable bonds is 5. The number of halogens is 1. The van der Waals surface area contributed by atoms with Gasteiger partial charge in [0.25, 0.3) is 0 Å². The maximum Gasteiger partial charge on any atom is 0.0562 e. The Hall–Kier alpha value is 0.0600. The minimum atomic E-state index is 0.352. The van der Waals surface area contributed by atoms with Gasteiger partial charge in [-0.2, -0.15) is 0 Å². The summed E-state index contributed by atoms with van der Waals surface area (Å²) in [5, 5.41) is 0. The molecular weight excluding hydrogens is 334 g/mol. The SMILES string of the molecule is Cc1sc(C(CN)N(C)CC2CCN(C)CC2)cc1Br. The van der Waals surface area contributed by atoms with Gasteiger partial charge >= 0.3 is 0 Å². The Morgan fingerprint density at radius 2 is 2.15 bits per heavy atom. The third-order valence-corrected chi connectivity index (χ3v) is 6.58. The largest absolute Gasteiger partial charge is 0.329 e. The van der Waals surface area contributed by atoms with E-state index in [-0.39, 0.29) is 0 Å². The first-order valence-electron chi connectivity index (χ1n) is 7.36. The minimum Gasteiger partial charge on any atom is -0.329 e. The quantitative estimate of drug-likeness (QED) is 0.876. The zero-order chi connectivity index (χ0) is 14.7. The number of likely N-dealkylation sites (N-methyl/N-ethyl adjacent to an activating group) is 1. The lowest BCUT2D eigenvalue weighted by Gasteiger charge is -2.34. The second-order valence-corrected chi connectivity index (χ2v) is 8.13. The van der Waals surface area contributed by atoms with Crippen LogP contribution in [0.1, 0.15) is 28.6 Å². The van der Waals surface area contributed by atoms with Crippen LogP contribution in [0.3, 0.4) is 0 Å². The van der Waals surface area contributed by atoms with Crippen molar-refractivity contribution in [2.75, 3.05) is 40.3 Å². The number of likely N-dealkylation sites (tertiary alicyclic amines) is 1. The first-order valence-corrected chi connectivity index (χ1v) is 8.97. The first-order chi connectivity index (χ1) is 9.51. The highest BCUT2D eigenvalue weighted by atomic mass is 79.9. The van der Waals surface area contributed by atoms with Gasteiger partial charge in [0.15, 0.2) is 0 Å². The first kappa shape index (κ1) is 16.4. The Labute approximate surface area is 135 Å². The highest BCUT2D eigenvalue weighted by Crippen LogP contribution is 2.33. The summed E-state index contributed by atoms with van der Waals surface area (Å²) >= 11 is 5.47. The van der Waals surface area contributed by atoms with Gasteiger partial charge in [-0.15, -0.1) is 11.3 Å². The fourth-order valence-corrected chi connectivity index (χ4v) is 4.68. The maximum atomic E-state index is 6.03. The molecule has 1 saturated heterocycles. The average molecular weight is 360 g/mol. The fraction of sp³-hybridized carbons (Fsp3) is 0.733. The summed E-state index contributed by atoms with van der Waals surface area (Å²) < 4.78 is 1.21. The van der Waals surface area contributed by atoms with Crippen molar-refractivity contribution in [3.63, 3.8) is 0 Å². The van der Waals surface area contributed by atoms with E-state index in [0.717, 1.165) is 12.5 Å². The van der Waals surface area contributed by atoms with Crippen molar-refractivity contribution in [1.82, 2.24) is 9.80 Å². The summed E-state index contributed by atoms with van der Waals surface area (Å²) in [6.07, 6.45) is 2.62. The Morgan fingerprint density at radius 3 is 2.65 bits per heavy atom. The van der Waals surface area contributed by atoms with Gasteiger partial charge in [0.1, 0.15) is 0 Å². The van der Waals surface area contributed by atoms with Gasteiger partial charge in [-0.3, -0.25) is 4.90 Å². The molecule has 0 radical (unpaired) electrons. The van der Waals surface area contributed by atoms with Crippen LogP contribution in [0.25, 0.3) is 0 Å². The molecule has 0 saturated carbocycles. The van der Waals surface area contributed by atoms with Gasteiger partial charge in [0, 0.05) is 27.3 Å². The molecule has 5 heteroatoms. The standard InChI is InChI=1S/C15H26BrN3S/c1-11-13(16)8-15(20-11)14(9-17)19(3)10-12-4-6-18(2)7-5-12/h8,12,14H,4-7,9-10,17H2,1-3H3. The molecule has 0 spiro atoms. The number of hydrogen-bond acceptors (Lipinski definition) is 4. The molecule has 2 rings (SSSR count). The predicted molar refractivity (Wildman–Crippen MR) is 91.4 cm³/mol. The van der Waals surface area contributed by atoms with Gasteiger partial charge < -0.3 is 10.6 Å². The Bertz CT molecular complexity index is 407. The molecule has 3 nitrogen and oxygen atoms in total. The lowest BCUT2D eigenvalue weighted by Crippen LogP contribution is -2.38. The molecule has 1 fully saturated rings. The zero-order valence-corrected chi connectivity index (χ0v) is 15.1. The fourth-order valence-electron chi connectivity index (χ4n) is 2.94. The predicted octanol–water partition coefficient (Wildman–Crippen LogP) is 3.09. The third-order valence-electron chi connectivity index (χ3n) is 4.34. The molecule has 2 heterocycles. The number of nitrogens with zero attached hydrogens (tertiary/aromatic N) is 2. The number of hydrogen-bond donors (Lipinski definition) is 1. The summed E-state index contributed by atoms with van der Waals surface area (Å²) in [6, 6.07) is 2.59. The van der Waals surface area contributed by atoms with Crippen molar-refractivity contribution in [1.29, 1.82) is 0 Å². The van der Waals surface area contributed by atoms with Crippen LogP contribution in [0, 0.1) is 12.8 Å². The smallest absolute Gasteiger partial charge is 0.0562 e. The molecule has 1 aliphatic heterocycles. The van der Waals surface area contributed by atoms with Crippen LogP contribution in [0.5, 0.6) is 0 Å². The van der Waals surface area contributed by atoms with Crippen molar-refractivity contribution >= 4 is 27.3 Å². The lowest BCUT2D eigenvalue weighted by molar-refractivity contribution is 0.153. The van der Waals surface area contributed by atoms with E-state index in [9.17, 15) is 0 Å². The summed E-state index contributed by atoms with van der Waals surface area (Å²) in [5.74, 6) is 0.815. The Morgan fingerprint density at radius 1 is 1.50 bits per heavy atom. The van der Waals surface area contributed by atoms with Crippen LogP contribution in [0.2, 0.25) is 0 Å². The van der Waals surface area contributed by atoms with E-state index in [4.69, 9.17) is 5.73 Å². The molecule has 2 N–H and O–H groups in total. The van der Waals surface area contributed by atoms with Crippen LogP contribution in [0.4, 0.5) is 0 Å². The average Bonchev–Trinajstić information content (AvgIpc) is 2.73. The molecule has 1 atom stereocenters. The third kappa shape index (κ3) is 4.04. The topological polar surface area (TPSA) is 32.5 Å². The number of thiophene rings is 1. The van der Waals surface area contributed by atoms with Crippen LogP contribution in [0.15, 0.2) is 10.5 Å². The monoisotopic (exact) mass is 359 g/mol. The summed E-state index contributed by atoms with van der Waals surface area (Å²) in [5.41, 5.74) is 6.03. The van der Waals surface area contributed by atoms with E-state index in [2.05, 4.69) is 52.8 Å². The second-order valence-electron chi connectivity index (χ2n) is 5.99. The molecule has 1 aromatic heterocycles. The molecule has 114 valence electrons. The zero-order valence-electron chi connectivity index (χ0n) is 12.7. The molecule has 0 bridgehead atoms. The van der Waals surface area contributed by atoms with Gasteiger partial charge in [-0.25, -0.2) is 0 Å². The van der Waals surface area contributed by atoms with Crippen molar-refractivity contribution < 1.29 is 0 Å². The maximum absolute atomic E-state index is 6.03. The summed E-state index contributed by atoms with van der Waals surface area (Å²) in [6.45, 7) is 6.47. The van der Waals surface area contributed by atoms with E-state index in [1.807, 2.05) is 11.3 Å². The van der Waals surface area contributed by atoms with Gasteiger partial charge in [-0.05, 0) is 74.9 Å². The van der Waals surface area contributed by atoms with Crippen molar-refractivity contribution in [3.05, 3.63) is 20.3 Å². The number of piperidine rings is 1. The molecule has 1 unspecified atom stereocenters. The molecule has 1 aromatic rings. The van der Waals surface area contributed by atoms with Crippen LogP contribution in [-0.4, -0.2) is 50.1 Å². The van der Waals surface area contributed by atoms with Crippen LogP contribution >= 0.6 is 27.3 Å². The minimum absolute atomic E-state index is 0.352. The summed E-state index contributed by atoms with van der Waals surface area (Å²) in [4.78, 5) is 7.60. The molecule has 0 aliphatic carbocycles. The molecular formula is C15H26BrN3S. The number of nitrogens with two attached hydrogens (primary N) is 1. The number of aryl methyl sites for hydroxylation is 1. The van der Waals surface area contributed by atoms with E-state index in [0.29, 0.717) is 12.6 Å². The van der Waals surface area contributed by atoms with Crippen molar-refractivity contribution in [2.24, 2.45) is 11.7 Å². The van der Waals surface area contributed by atoms with Gasteiger partial charge in [0.2, 0.25) is 0 Å². The Kier molecular flexibility index (Phi) is 6.05. The van der Waals surface area contributed by atoms with Crippen molar-refractivity contribution in [3.8, 4) is 0 Å². The highest BCUT2D eigenvalue weighted by molar-refractivity contribution is 9.10. The normalized spacial score (nSPS) is 19.7. The van der Waals surface area contributed by atoms with E-state index >= 15 is 0 Å². The molecule has 1 aliphatic rings. The van der Waals surface area contributed by atoms with Crippen LogP contribution < -0.4 is 5.73 Å². The lowest BCUT2D eigenvalue weighted by atomic mass is 9.96. The van der Waals surface area contributed by atoms with E-state index in [1.165, 1.54) is 40.2 Å².